The highest BCUT2D eigenvalue weighted by Gasteiger charge is 2.31. The minimum absolute atomic E-state index is 0.0408. The molecule has 16 aromatic rings. The van der Waals surface area contributed by atoms with Gasteiger partial charge in [-0.1, -0.05) is 127 Å². The lowest BCUT2D eigenvalue weighted by Crippen LogP contribution is -2.14. The SMILES string of the molecule is C=c1ccc2cc3nc4c5cc(Oc6ccc(C)cc6)c6c7c(Oc8ccc(C)cc8)cc(C(C)=Nc8c(C)cc9ccc%10cccc%11ccc8c9c%10%11)c8c(C(C)=O)cc(C)c(c9c(C)cc(c(=C)n4c3c3ccc(/C=C\C)c1c23)c5c96)c87. The van der Waals surface area contributed by atoms with Gasteiger partial charge in [0.1, 0.15) is 28.6 Å². The summed E-state index contributed by atoms with van der Waals surface area (Å²) >= 11 is 0. The van der Waals surface area contributed by atoms with E-state index in [1.807, 2.05) is 24.3 Å². The van der Waals surface area contributed by atoms with Gasteiger partial charge in [-0.05, 0) is 197 Å². The average molecular weight is 1070 g/mol. The number of imidazole rings is 1. The van der Waals surface area contributed by atoms with Crippen LogP contribution in [0.3, 0.4) is 0 Å². The summed E-state index contributed by atoms with van der Waals surface area (Å²) < 4.78 is 17.1. The number of ketones is 1. The maximum Gasteiger partial charge on any atom is 0.160 e. The predicted molar refractivity (Wildman–Crippen MR) is 351 cm³/mol. The molecule has 0 aliphatic carbocycles. The van der Waals surface area contributed by atoms with Gasteiger partial charge >= 0.3 is 0 Å². The molecular formula is C77H55N3O3. The number of aromatic nitrogens is 2. The lowest BCUT2D eigenvalue weighted by molar-refractivity contribution is 0.101. The number of aryl methyl sites for hydroxylation is 5. The van der Waals surface area contributed by atoms with E-state index in [9.17, 15) is 4.79 Å². The lowest BCUT2D eigenvalue weighted by Gasteiger charge is -2.26. The number of aliphatic imine (C=N–C) groups is 1. The number of Topliss-reactive ketones (excluding diaryl/α,β-unsaturated/α-hetero) is 1. The van der Waals surface area contributed by atoms with Gasteiger partial charge in [-0.2, -0.15) is 0 Å². The zero-order chi connectivity index (χ0) is 56.6. The molecule has 0 atom stereocenters. The molecule has 6 heteroatoms. The molecule has 2 aromatic heterocycles. The summed E-state index contributed by atoms with van der Waals surface area (Å²) in [5.41, 5.74) is 12.2. The number of rotatable bonds is 8. The van der Waals surface area contributed by atoms with Crippen LogP contribution in [0.15, 0.2) is 163 Å². The summed E-state index contributed by atoms with van der Waals surface area (Å²) in [6.07, 6.45) is 4.25. The van der Waals surface area contributed by atoms with E-state index < -0.39 is 0 Å². The van der Waals surface area contributed by atoms with Gasteiger partial charge in [0, 0.05) is 76.0 Å². The monoisotopic (exact) mass is 1070 g/mol. The molecule has 6 nitrogen and oxygen atoms in total. The Balaban J connectivity index is 1.09. The van der Waals surface area contributed by atoms with Crippen LogP contribution in [0.4, 0.5) is 5.69 Å². The minimum atomic E-state index is -0.0408. The number of allylic oxidation sites excluding steroid dienone is 1. The highest BCUT2D eigenvalue weighted by atomic mass is 16.5. The summed E-state index contributed by atoms with van der Waals surface area (Å²) in [6.45, 7) is 26.0. The van der Waals surface area contributed by atoms with Gasteiger partial charge in [0.15, 0.2) is 5.78 Å². The minimum Gasteiger partial charge on any atom is -0.457 e. The number of fused-ring (bicyclic) bond motifs is 7. The standard InChI is InChI=1S/C77H55N3O3/c1-11-13-47-25-31-55-68-51(21-20-40(4)63(47)68)35-60-76(55)80-45(9)57-33-41(5)64-65-42(6)34-58(46(10)81)69-56(44(8)78-75-43(7)32-50-23-22-48-14-12-15-49-24-30-54(75)67(50)66(48)49)36-61(82-52-26-16-38(2)17-27-52)71(73(65)69)72-62(83-53-28-18-39(3)19-29-53)37-59(77(80)79-60)70(57)74(64)72/h11-37H,4,9H2,1-3,5-8,10H3/b13-11-,78-44?. The van der Waals surface area contributed by atoms with Crippen molar-refractivity contribution in [2.24, 2.45) is 4.99 Å². The molecule has 396 valence electrons. The average Bonchev–Trinajstić information content (AvgIpc) is 2.92. The van der Waals surface area contributed by atoms with Crippen LogP contribution in [0.2, 0.25) is 0 Å². The number of nitrogens with zero attached hydrogens (tertiary/aromatic N) is 3. The second-order valence-corrected chi connectivity index (χ2v) is 23.2. The first-order valence-corrected chi connectivity index (χ1v) is 28.5. The van der Waals surface area contributed by atoms with Crippen LogP contribution in [0.1, 0.15) is 70.1 Å². The maximum absolute atomic E-state index is 14.6. The number of carbonyl (C=O) groups is 1. The van der Waals surface area contributed by atoms with E-state index in [1.54, 1.807) is 6.92 Å². The summed E-state index contributed by atoms with van der Waals surface area (Å²) in [5.74, 6) is 2.58. The fourth-order valence-corrected chi connectivity index (χ4v) is 14.3. The van der Waals surface area contributed by atoms with Gasteiger partial charge in [0.05, 0.1) is 16.7 Å². The van der Waals surface area contributed by atoms with E-state index in [-0.39, 0.29) is 5.78 Å². The Bertz CT molecular complexity index is 5730. The molecule has 0 N–H and O–H groups in total. The predicted octanol–water partition coefficient (Wildman–Crippen LogP) is 19.7. The second-order valence-electron chi connectivity index (χ2n) is 23.2. The van der Waals surface area contributed by atoms with Crippen LogP contribution in [0.25, 0.3) is 144 Å². The van der Waals surface area contributed by atoms with E-state index >= 15 is 0 Å². The summed E-state index contributed by atoms with van der Waals surface area (Å²) in [5, 5.41) is 22.9. The Morgan fingerprint density at radius 3 is 1.80 bits per heavy atom. The molecule has 0 unspecified atom stereocenters. The van der Waals surface area contributed by atoms with Crippen molar-refractivity contribution in [3.8, 4) is 23.0 Å². The van der Waals surface area contributed by atoms with E-state index in [4.69, 9.17) is 26.0 Å². The third kappa shape index (κ3) is 6.81. The zero-order valence-corrected chi connectivity index (χ0v) is 47.6. The second kappa shape index (κ2) is 17.4. The van der Waals surface area contributed by atoms with Gasteiger partial charge < -0.3 is 9.47 Å². The van der Waals surface area contributed by atoms with E-state index in [2.05, 4.69) is 199 Å². The topological polar surface area (TPSA) is 65.2 Å². The highest BCUT2D eigenvalue weighted by molar-refractivity contribution is 6.43. The van der Waals surface area contributed by atoms with Crippen molar-refractivity contribution in [2.45, 2.75) is 55.4 Å². The first-order valence-electron chi connectivity index (χ1n) is 28.5. The van der Waals surface area contributed by atoms with Crippen molar-refractivity contribution in [1.29, 1.82) is 0 Å². The van der Waals surface area contributed by atoms with Crippen LogP contribution in [-0.4, -0.2) is 20.9 Å². The third-order valence-electron chi connectivity index (χ3n) is 17.9. The van der Waals surface area contributed by atoms with Gasteiger partial charge in [0.2, 0.25) is 0 Å². The quantitative estimate of drug-likeness (QED) is 0.0658. The van der Waals surface area contributed by atoms with Crippen LogP contribution in [-0.2, 0) is 0 Å². The first kappa shape index (κ1) is 48.7. The summed E-state index contributed by atoms with van der Waals surface area (Å²) in [7, 11) is 0. The van der Waals surface area contributed by atoms with Gasteiger partial charge in [-0.25, -0.2) is 4.98 Å². The third-order valence-corrected chi connectivity index (χ3v) is 17.9. The van der Waals surface area contributed by atoms with Crippen LogP contribution in [0.5, 0.6) is 23.0 Å². The van der Waals surface area contributed by atoms with Crippen LogP contribution in [0, 0.1) is 34.6 Å². The summed E-state index contributed by atoms with van der Waals surface area (Å²) in [4.78, 5) is 25.9. The van der Waals surface area contributed by atoms with E-state index in [0.29, 0.717) is 28.6 Å². The van der Waals surface area contributed by atoms with Crippen LogP contribution < -0.4 is 20.0 Å². The Kier molecular flexibility index (Phi) is 10.2. The number of benzene rings is 14. The van der Waals surface area contributed by atoms with Crippen molar-refractivity contribution in [3.05, 3.63) is 213 Å². The molecule has 0 spiro atoms. The normalized spacial score (nSPS) is 12.7. The lowest BCUT2D eigenvalue weighted by atomic mass is 9.80. The fourth-order valence-electron chi connectivity index (χ4n) is 14.3. The number of carbonyl (C=O) groups excluding carboxylic acids is 1. The van der Waals surface area contributed by atoms with Gasteiger partial charge in [-0.15, -0.1) is 0 Å². The van der Waals surface area contributed by atoms with Crippen molar-refractivity contribution < 1.29 is 14.3 Å². The van der Waals surface area contributed by atoms with Crippen molar-refractivity contribution in [1.82, 2.24) is 9.38 Å². The first-order chi connectivity index (χ1) is 40.2. The highest BCUT2D eigenvalue weighted by Crippen LogP contribution is 2.55. The maximum atomic E-state index is 14.6. The molecule has 0 aliphatic rings. The Morgan fingerprint density at radius 2 is 1.11 bits per heavy atom. The molecule has 16 rings (SSSR count). The molecule has 83 heavy (non-hydrogen) atoms. The number of hydrogen-bond donors (Lipinski definition) is 0. The van der Waals surface area contributed by atoms with E-state index in [1.165, 1.54) is 26.9 Å². The van der Waals surface area contributed by atoms with E-state index in [0.717, 1.165) is 158 Å². The number of hydrogen-bond acceptors (Lipinski definition) is 5. The number of pyridine rings is 1. The molecule has 0 bridgehead atoms. The molecule has 0 radical (unpaired) electrons. The number of ether oxygens (including phenoxy) is 2. The molecule has 0 saturated carbocycles. The van der Waals surface area contributed by atoms with Crippen molar-refractivity contribution >= 4 is 161 Å². The smallest absolute Gasteiger partial charge is 0.160 e. The Hall–Kier alpha value is -10.2. The fraction of sp³-hybridized carbons (Fsp3) is 0.104. The Labute approximate surface area is 478 Å². The molecule has 0 amide bonds. The van der Waals surface area contributed by atoms with Gasteiger partial charge in [0.25, 0.3) is 0 Å². The van der Waals surface area contributed by atoms with Gasteiger partial charge in [-0.3, -0.25) is 14.2 Å². The largest absolute Gasteiger partial charge is 0.457 e. The van der Waals surface area contributed by atoms with Crippen LogP contribution >= 0.6 is 0 Å². The molecule has 0 aliphatic heterocycles. The molecule has 0 saturated heterocycles. The molecule has 0 fully saturated rings. The van der Waals surface area contributed by atoms with Crippen molar-refractivity contribution in [2.75, 3.05) is 0 Å². The van der Waals surface area contributed by atoms with Crippen molar-refractivity contribution in [3.63, 3.8) is 0 Å². The Morgan fingerprint density at radius 1 is 0.506 bits per heavy atom. The molecule has 14 aromatic carbocycles. The zero-order valence-electron chi connectivity index (χ0n) is 47.6. The summed E-state index contributed by atoms with van der Waals surface area (Å²) in [6, 6.07) is 53.7. The molecule has 2 heterocycles. The molecular weight excluding hydrogens is 1010 g/mol.